The lowest BCUT2D eigenvalue weighted by atomic mass is 9.95. The summed E-state index contributed by atoms with van der Waals surface area (Å²) in [5.41, 5.74) is 4.93. The van der Waals surface area contributed by atoms with E-state index in [-0.39, 0.29) is 17.6 Å². The fraction of sp³-hybridized carbons (Fsp3) is 0.304. The number of pyridine rings is 2. The number of hydrogen-bond acceptors (Lipinski definition) is 4. The van der Waals surface area contributed by atoms with Gasteiger partial charge in [0.05, 0.1) is 11.4 Å². The summed E-state index contributed by atoms with van der Waals surface area (Å²) in [6.07, 6.45) is 11.2. The van der Waals surface area contributed by atoms with Crippen molar-refractivity contribution in [1.29, 1.82) is 0 Å². The van der Waals surface area contributed by atoms with Crippen molar-refractivity contribution in [1.82, 2.24) is 9.97 Å². The first-order chi connectivity index (χ1) is 13.4. The second-order valence-electron chi connectivity index (χ2n) is 7.23. The summed E-state index contributed by atoms with van der Waals surface area (Å²) in [6, 6.07) is 3.80. The SMILES string of the molecule is CCCC(=O)C1C=C(C)C=C(c2cnc3cc(NC(C)=O)ncc3c2)C(C)=C1. The van der Waals surface area contributed by atoms with Crippen LogP contribution in [0.3, 0.4) is 0 Å². The van der Waals surface area contributed by atoms with Crippen LogP contribution in [0, 0.1) is 5.92 Å². The van der Waals surface area contributed by atoms with E-state index in [9.17, 15) is 9.59 Å². The number of carbonyl (C=O) groups is 2. The zero-order valence-electron chi connectivity index (χ0n) is 16.7. The largest absolute Gasteiger partial charge is 0.311 e. The standard InChI is InChI=1S/C23H25N3O2/c1-5-6-22(28)17-7-14(2)8-20(15(3)9-17)18-10-19-13-25-23(26-16(4)27)11-21(19)24-12-18/h7-13,17H,5-6H2,1-4H3,(H,25,26,27). The van der Waals surface area contributed by atoms with Gasteiger partial charge in [0.1, 0.15) is 11.6 Å². The van der Waals surface area contributed by atoms with Crippen LogP contribution in [0.2, 0.25) is 0 Å². The smallest absolute Gasteiger partial charge is 0.222 e. The molecule has 2 aromatic rings. The first-order valence-corrected chi connectivity index (χ1v) is 9.52. The minimum atomic E-state index is -0.177. The molecule has 5 nitrogen and oxygen atoms in total. The Morgan fingerprint density at radius 3 is 2.61 bits per heavy atom. The number of amides is 1. The molecule has 1 amide bonds. The number of nitrogens with one attached hydrogen (secondary N) is 1. The van der Waals surface area contributed by atoms with Gasteiger partial charge in [-0.1, -0.05) is 30.7 Å². The lowest BCUT2D eigenvalue weighted by molar-refractivity contribution is -0.120. The van der Waals surface area contributed by atoms with Crippen molar-refractivity contribution in [2.45, 2.75) is 40.5 Å². The highest BCUT2D eigenvalue weighted by atomic mass is 16.1. The van der Waals surface area contributed by atoms with Crippen molar-refractivity contribution in [3.63, 3.8) is 0 Å². The molecule has 1 aliphatic carbocycles. The maximum absolute atomic E-state index is 12.4. The summed E-state index contributed by atoms with van der Waals surface area (Å²) >= 11 is 0. The zero-order chi connectivity index (χ0) is 20.3. The summed E-state index contributed by atoms with van der Waals surface area (Å²) in [6.45, 7) is 7.53. The van der Waals surface area contributed by atoms with Gasteiger partial charge in [-0.3, -0.25) is 14.6 Å². The van der Waals surface area contributed by atoms with Crippen LogP contribution in [0.5, 0.6) is 0 Å². The van der Waals surface area contributed by atoms with Gasteiger partial charge in [0.25, 0.3) is 0 Å². The number of aromatic nitrogens is 2. The maximum atomic E-state index is 12.4. The average molecular weight is 375 g/mol. The molecule has 0 saturated carbocycles. The fourth-order valence-electron chi connectivity index (χ4n) is 3.41. The number of fused-ring (bicyclic) bond motifs is 1. The maximum Gasteiger partial charge on any atom is 0.222 e. The second-order valence-corrected chi connectivity index (χ2v) is 7.23. The topological polar surface area (TPSA) is 72.0 Å². The lowest BCUT2D eigenvalue weighted by Gasteiger charge is -2.11. The minimum absolute atomic E-state index is 0.165. The summed E-state index contributed by atoms with van der Waals surface area (Å²) in [7, 11) is 0. The third-order valence-electron chi connectivity index (χ3n) is 4.72. The number of nitrogens with zero attached hydrogens (tertiary/aromatic N) is 2. The molecule has 3 rings (SSSR count). The molecule has 2 heterocycles. The van der Waals surface area contributed by atoms with Gasteiger partial charge in [-0.25, -0.2) is 4.98 Å². The van der Waals surface area contributed by atoms with Crippen LogP contribution < -0.4 is 5.32 Å². The van der Waals surface area contributed by atoms with E-state index < -0.39 is 0 Å². The number of anilines is 1. The molecule has 0 fully saturated rings. The van der Waals surface area contributed by atoms with Gasteiger partial charge in [0.15, 0.2) is 0 Å². The fourth-order valence-corrected chi connectivity index (χ4v) is 3.41. The highest BCUT2D eigenvalue weighted by Crippen LogP contribution is 2.31. The van der Waals surface area contributed by atoms with E-state index >= 15 is 0 Å². The van der Waals surface area contributed by atoms with Crippen molar-refractivity contribution in [2.24, 2.45) is 5.92 Å². The molecule has 0 radical (unpaired) electrons. The van der Waals surface area contributed by atoms with Crippen molar-refractivity contribution >= 4 is 34.0 Å². The molecule has 2 aromatic heterocycles. The van der Waals surface area contributed by atoms with Crippen LogP contribution >= 0.6 is 0 Å². The van der Waals surface area contributed by atoms with Crippen LogP contribution in [0.25, 0.3) is 16.5 Å². The van der Waals surface area contributed by atoms with E-state index in [0.29, 0.717) is 12.2 Å². The number of ketones is 1. The third-order valence-corrected chi connectivity index (χ3v) is 4.72. The van der Waals surface area contributed by atoms with Crippen molar-refractivity contribution < 1.29 is 9.59 Å². The van der Waals surface area contributed by atoms with E-state index in [4.69, 9.17) is 0 Å². The molecule has 0 bridgehead atoms. The Morgan fingerprint density at radius 2 is 1.89 bits per heavy atom. The summed E-state index contributed by atoms with van der Waals surface area (Å²) < 4.78 is 0. The molecule has 0 aromatic carbocycles. The zero-order valence-corrected chi connectivity index (χ0v) is 16.7. The van der Waals surface area contributed by atoms with Crippen LogP contribution in [0.15, 0.2) is 53.9 Å². The summed E-state index contributed by atoms with van der Waals surface area (Å²) in [5.74, 6) is 0.398. The number of Topliss-reactive ketones (excluding diaryl/α,β-unsaturated/α-hetero) is 1. The first kappa shape index (κ1) is 19.7. The average Bonchev–Trinajstić information content (AvgIpc) is 2.79. The van der Waals surface area contributed by atoms with E-state index in [1.807, 2.05) is 45.2 Å². The van der Waals surface area contributed by atoms with E-state index in [0.717, 1.165) is 39.6 Å². The second kappa shape index (κ2) is 8.30. The van der Waals surface area contributed by atoms with Gasteiger partial charge in [-0.2, -0.15) is 0 Å². The Hall–Kier alpha value is -3.08. The predicted molar refractivity (Wildman–Crippen MR) is 113 cm³/mol. The van der Waals surface area contributed by atoms with E-state index in [2.05, 4.69) is 21.4 Å². The molecule has 1 atom stereocenters. The van der Waals surface area contributed by atoms with Crippen molar-refractivity contribution in [3.05, 3.63) is 59.5 Å². The number of allylic oxidation sites excluding steroid dienone is 6. The van der Waals surface area contributed by atoms with Gasteiger partial charge in [-0.05, 0) is 37.5 Å². The number of rotatable bonds is 5. The van der Waals surface area contributed by atoms with Crippen LogP contribution in [0.4, 0.5) is 5.82 Å². The Balaban J connectivity index is 1.97. The Kier molecular flexibility index (Phi) is 5.83. The third kappa shape index (κ3) is 4.42. The normalized spacial score (nSPS) is 16.7. The molecule has 1 N–H and O–H groups in total. The molecule has 1 unspecified atom stereocenters. The monoisotopic (exact) mass is 375 g/mol. The molecule has 28 heavy (non-hydrogen) atoms. The van der Waals surface area contributed by atoms with Gasteiger partial charge in [0, 0.05) is 42.8 Å². The van der Waals surface area contributed by atoms with E-state index in [1.165, 1.54) is 6.92 Å². The Morgan fingerprint density at radius 1 is 1.11 bits per heavy atom. The van der Waals surface area contributed by atoms with Gasteiger partial charge < -0.3 is 5.32 Å². The van der Waals surface area contributed by atoms with E-state index in [1.54, 1.807) is 12.3 Å². The molecular formula is C23H25N3O2. The minimum Gasteiger partial charge on any atom is -0.311 e. The summed E-state index contributed by atoms with van der Waals surface area (Å²) in [4.78, 5) is 32.4. The van der Waals surface area contributed by atoms with Crippen molar-refractivity contribution in [3.8, 4) is 0 Å². The number of carbonyl (C=O) groups excluding carboxylic acids is 2. The molecule has 144 valence electrons. The predicted octanol–water partition coefficient (Wildman–Crippen LogP) is 4.86. The lowest BCUT2D eigenvalue weighted by Crippen LogP contribution is -2.09. The molecule has 0 aliphatic heterocycles. The van der Waals surface area contributed by atoms with Crippen LogP contribution in [0.1, 0.15) is 46.1 Å². The highest BCUT2D eigenvalue weighted by Gasteiger charge is 2.18. The van der Waals surface area contributed by atoms with Crippen LogP contribution in [-0.2, 0) is 9.59 Å². The molecule has 0 saturated heterocycles. The van der Waals surface area contributed by atoms with Gasteiger partial charge in [-0.15, -0.1) is 0 Å². The Labute approximate surface area is 165 Å². The summed E-state index contributed by atoms with van der Waals surface area (Å²) in [5, 5.41) is 3.57. The highest BCUT2D eigenvalue weighted by molar-refractivity contribution is 5.92. The quantitative estimate of drug-likeness (QED) is 0.810. The molecule has 0 spiro atoms. The van der Waals surface area contributed by atoms with Gasteiger partial charge in [0.2, 0.25) is 5.91 Å². The Bertz CT molecular complexity index is 1030. The van der Waals surface area contributed by atoms with Crippen molar-refractivity contribution in [2.75, 3.05) is 5.32 Å². The van der Waals surface area contributed by atoms with Crippen LogP contribution in [-0.4, -0.2) is 21.7 Å². The molecule has 1 aliphatic rings. The molecule has 5 heteroatoms. The number of hydrogen-bond donors (Lipinski definition) is 1. The molecular weight excluding hydrogens is 350 g/mol. The first-order valence-electron chi connectivity index (χ1n) is 9.52. The van der Waals surface area contributed by atoms with Gasteiger partial charge >= 0.3 is 0 Å².